The minimum absolute atomic E-state index is 0.0266. The van der Waals surface area contributed by atoms with E-state index in [1.807, 2.05) is 38.2 Å². The van der Waals surface area contributed by atoms with Gasteiger partial charge in [0.05, 0.1) is 18.6 Å². The maximum absolute atomic E-state index is 13.9. The fourth-order valence-electron chi connectivity index (χ4n) is 5.72. The number of esters is 1. The Balaban J connectivity index is 1.71. The summed E-state index contributed by atoms with van der Waals surface area (Å²) in [6, 6.07) is -0.827. The summed E-state index contributed by atoms with van der Waals surface area (Å²) < 4.78 is 12.1. The molecule has 2 saturated heterocycles. The van der Waals surface area contributed by atoms with E-state index in [0.717, 1.165) is 38.5 Å². The number of aliphatic hydroxyl groups excluding tert-OH is 1. The van der Waals surface area contributed by atoms with Gasteiger partial charge in [0.25, 0.3) is 0 Å². The van der Waals surface area contributed by atoms with Crippen LogP contribution in [0.25, 0.3) is 0 Å². The molecule has 2 fully saturated rings. The number of unbranched alkanes of at least 4 members (excludes halogenated alkanes) is 3. The number of aliphatic hydroxyl groups is 1. The zero-order chi connectivity index (χ0) is 23.6. The molecular formula is C25H36N2O6. The molecule has 0 radical (unpaired) electrons. The second kappa shape index (κ2) is 9.97. The van der Waals surface area contributed by atoms with Crippen molar-refractivity contribution < 1.29 is 29.0 Å². The first-order chi connectivity index (χ1) is 15.9. The predicted molar refractivity (Wildman–Crippen MR) is 121 cm³/mol. The molecule has 5 atom stereocenters. The molecule has 4 aliphatic heterocycles. The van der Waals surface area contributed by atoms with Crippen LogP contribution >= 0.6 is 0 Å². The molecule has 0 aromatic heterocycles. The van der Waals surface area contributed by atoms with Crippen LogP contribution in [0.1, 0.15) is 52.4 Å². The van der Waals surface area contributed by atoms with E-state index >= 15 is 0 Å². The minimum atomic E-state index is -1.18. The summed E-state index contributed by atoms with van der Waals surface area (Å²) in [5.74, 6) is -2.31. The van der Waals surface area contributed by atoms with E-state index in [9.17, 15) is 14.4 Å². The van der Waals surface area contributed by atoms with Crippen molar-refractivity contribution in [2.75, 3.05) is 26.3 Å². The van der Waals surface area contributed by atoms with Gasteiger partial charge >= 0.3 is 5.97 Å². The van der Waals surface area contributed by atoms with Gasteiger partial charge in [-0.3, -0.25) is 14.4 Å². The van der Waals surface area contributed by atoms with Gasteiger partial charge < -0.3 is 24.4 Å². The Morgan fingerprint density at radius 1 is 1.12 bits per heavy atom. The van der Waals surface area contributed by atoms with Gasteiger partial charge in [-0.15, -0.1) is 0 Å². The Kier molecular flexibility index (Phi) is 7.24. The molecule has 4 heterocycles. The number of cyclic esters (lactones) is 1. The molecule has 8 heteroatoms. The minimum Gasteiger partial charge on any atom is -0.465 e. The number of ether oxygens (including phenoxy) is 2. The van der Waals surface area contributed by atoms with Crippen LogP contribution in [-0.4, -0.2) is 82.8 Å². The highest BCUT2D eigenvalue weighted by atomic mass is 16.6. The molecule has 4 aliphatic rings. The highest BCUT2D eigenvalue weighted by Gasteiger charge is 2.71. The van der Waals surface area contributed by atoms with E-state index in [4.69, 9.17) is 14.6 Å². The third kappa shape index (κ3) is 4.23. The lowest BCUT2D eigenvalue weighted by molar-refractivity contribution is -0.155. The number of amides is 2. The lowest BCUT2D eigenvalue weighted by Crippen LogP contribution is -2.56. The number of carbonyl (C=O) groups excluding carboxylic acids is 3. The molecule has 0 aromatic rings. The van der Waals surface area contributed by atoms with Crippen molar-refractivity contribution in [1.82, 2.24) is 9.80 Å². The molecule has 0 saturated carbocycles. The van der Waals surface area contributed by atoms with Gasteiger partial charge in [0, 0.05) is 25.7 Å². The van der Waals surface area contributed by atoms with E-state index in [-0.39, 0.29) is 24.5 Å². The highest BCUT2D eigenvalue weighted by molar-refractivity contribution is 5.99. The number of fused-ring (bicyclic) bond motifs is 2. The Morgan fingerprint density at radius 2 is 1.91 bits per heavy atom. The summed E-state index contributed by atoms with van der Waals surface area (Å²) in [6.07, 6.45) is 11.7. The van der Waals surface area contributed by atoms with Gasteiger partial charge in [0.1, 0.15) is 17.6 Å². The predicted octanol–water partition coefficient (Wildman–Crippen LogP) is 1.82. The number of allylic oxidation sites excluding steroid dienone is 1. The van der Waals surface area contributed by atoms with E-state index in [1.54, 1.807) is 9.80 Å². The number of hydrogen-bond acceptors (Lipinski definition) is 6. The Hall–Kier alpha value is -2.19. The van der Waals surface area contributed by atoms with Crippen molar-refractivity contribution in [3.8, 4) is 0 Å². The molecular weight excluding hydrogens is 424 g/mol. The summed E-state index contributed by atoms with van der Waals surface area (Å²) in [5, 5.41) is 9.04. The molecule has 182 valence electrons. The standard InChI is InChI=1S/C25H36N2O6/c1-17(2)26-14-10-12-25-20(19-18(33-25)11-6-5-9-16-32-24(19)31)22(29)27(21(25)23(26)30)13-7-3-4-8-15-28/h6,10-12,17-21,28H,3-5,7-9,13-16H2,1-2H3/b11-6-/t18-,19+,20-,21?,25-/m0/s1. The van der Waals surface area contributed by atoms with Crippen molar-refractivity contribution in [3.05, 3.63) is 24.3 Å². The molecule has 8 nitrogen and oxygen atoms in total. The van der Waals surface area contributed by atoms with Crippen molar-refractivity contribution in [2.24, 2.45) is 11.8 Å². The summed E-state index contributed by atoms with van der Waals surface area (Å²) >= 11 is 0. The molecule has 33 heavy (non-hydrogen) atoms. The van der Waals surface area contributed by atoms with Crippen LogP contribution in [-0.2, 0) is 23.9 Å². The van der Waals surface area contributed by atoms with Crippen LogP contribution < -0.4 is 0 Å². The normalized spacial score (nSPS) is 34.8. The monoisotopic (exact) mass is 460 g/mol. The lowest BCUT2D eigenvalue weighted by Gasteiger charge is -2.36. The largest absolute Gasteiger partial charge is 0.465 e. The number of hydrogen-bond donors (Lipinski definition) is 1. The Morgan fingerprint density at radius 3 is 2.67 bits per heavy atom. The SMILES string of the molecule is CC(C)N1CC=C[C@]23O[C@H]4/C=C\CCCOC(=O)[C@H]4[C@H]2C(=O)N(CCCCCCO)C3C1=O. The van der Waals surface area contributed by atoms with Crippen molar-refractivity contribution in [2.45, 2.75) is 76.2 Å². The zero-order valence-corrected chi connectivity index (χ0v) is 19.7. The number of rotatable bonds is 7. The quantitative estimate of drug-likeness (QED) is 0.354. The maximum Gasteiger partial charge on any atom is 0.312 e. The number of nitrogens with zero attached hydrogens (tertiary/aromatic N) is 2. The summed E-state index contributed by atoms with van der Waals surface area (Å²) in [4.78, 5) is 44.2. The van der Waals surface area contributed by atoms with Crippen LogP contribution in [0.4, 0.5) is 0 Å². The van der Waals surface area contributed by atoms with Gasteiger partial charge in [0.2, 0.25) is 11.8 Å². The average Bonchev–Trinajstić information content (AvgIpc) is 3.18. The average molecular weight is 461 g/mol. The van der Waals surface area contributed by atoms with Gasteiger partial charge in [-0.05, 0) is 39.5 Å². The van der Waals surface area contributed by atoms with E-state index in [1.165, 1.54) is 0 Å². The molecule has 1 spiro atoms. The summed E-state index contributed by atoms with van der Waals surface area (Å²) in [5.41, 5.74) is -1.18. The van der Waals surface area contributed by atoms with Crippen LogP contribution in [0.3, 0.4) is 0 Å². The molecule has 0 bridgehead atoms. The van der Waals surface area contributed by atoms with E-state index < -0.39 is 35.6 Å². The molecule has 0 aromatic carbocycles. The van der Waals surface area contributed by atoms with Gasteiger partial charge in [-0.25, -0.2) is 0 Å². The Bertz CT molecular complexity index is 824. The fourth-order valence-corrected chi connectivity index (χ4v) is 5.72. The second-order valence-corrected chi connectivity index (χ2v) is 9.74. The van der Waals surface area contributed by atoms with Crippen LogP contribution in [0.15, 0.2) is 24.3 Å². The summed E-state index contributed by atoms with van der Waals surface area (Å²) in [6.45, 7) is 5.25. The van der Waals surface area contributed by atoms with Gasteiger partial charge in [-0.2, -0.15) is 0 Å². The number of carbonyl (C=O) groups is 3. The van der Waals surface area contributed by atoms with Crippen LogP contribution in [0, 0.1) is 11.8 Å². The third-order valence-electron chi connectivity index (χ3n) is 7.31. The van der Waals surface area contributed by atoms with Crippen LogP contribution in [0.5, 0.6) is 0 Å². The van der Waals surface area contributed by atoms with Gasteiger partial charge in [-0.1, -0.05) is 37.1 Å². The van der Waals surface area contributed by atoms with Crippen LogP contribution in [0.2, 0.25) is 0 Å². The molecule has 4 rings (SSSR count). The molecule has 1 N–H and O–H groups in total. The third-order valence-corrected chi connectivity index (χ3v) is 7.31. The highest BCUT2D eigenvalue weighted by Crippen LogP contribution is 2.53. The zero-order valence-electron chi connectivity index (χ0n) is 19.7. The molecule has 0 aliphatic carbocycles. The smallest absolute Gasteiger partial charge is 0.312 e. The first kappa shape index (κ1) is 24.0. The number of likely N-dealkylation sites (tertiary alicyclic amines) is 1. The maximum atomic E-state index is 13.9. The fraction of sp³-hybridized carbons (Fsp3) is 0.720. The van der Waals surface area contributed by atoms with Crippen molar-refractivity contribution >= 4 is 17.8 Å². The first-order valence-electron chi connectivity index (χ1n) is 12.3. The topological polar surface area (TPSA) is 96.4 Å². The van der Waals surface area contributed by atoms with E-state index in [0.29, 0.717) is 19.7 Å². The lowest BCUT2D eigenvalue weighted by atomic mass is 9.78. The van der Waals surface area contributed by atoms with Crippen molar-refractivity contribution in [3.63, 3.8) is 0 Å². The van der Waals surface area contributed by atoms with Crippen molar-refractivity contribution in [1.29, 1.82) is 0 Å². The van der Waals surface area contributed by atoms with E-state index in [2.05, 4.69) is 0 Å². The molecule has 2 amide bonds. The molecule has 1 unspecified atom stereocenters. The Labute approximate surface area is 195 Å². The first-order valence-corrected chi connectivity index (χ1v) is 12.3. The van der Waals surface area contributed by atoms with Gasteiger partial charge in [0.15, 0.2) is 0 Å². The summed E-state index contributed by atoms with van der Waals surface area (Å²) in [7, 11) is 0. The second-order valence-electron chi connectivity index (χ2n) is 9.74.